The van der Waals surface area contributed by atoms with Crippen molar-refractivity contribution in [2.75, 3.05) is 6.61 Å². The molecule has 4 nitrogen and oxygen atoms in total. The van der Waals surface area contributed by atoms with Crippen LogP contribution < -0.4 is 10.3 Å². The molecule has 0 bridgehead atoms. The van der Waals surface area contributed by atoms with E-state index < -0.39 is 8.25 Å². The third-order valence-corrected chi connectivity index (χ3v) is 2.72. The first kappa shape index (κ1) is 13.1. The molecule has 0 spiro atoms. The van der Waals surface area contributed by atoms with Gasteiger partial charge >= 0.3 is 8.25 Å². The van der Waals surface area contributed by atoms with Crippen molar-refractivity contribution in [3.05, 3.63) is 29.8 Å². The molecule has 1 aromatic carbocycles. The van der Waals surface area contributed by atoms with Crippen LogP contribution in [0.3, 0.4) is 0 Å². The molecule has 0 heterocycles. The highest BCUT2D eigenvalue weighted by Gasteiger charge is 2.20. The van der Waals surface area contributed by atoms with Gasteiger partial charge in [0, 0.05) is 10.6 Å². The summed E-state index contributed by atoms with van der Waals surface area (Å²) in [5.41, 5.74) is 6.82. The number of hydrogen-bond acceptors (Lipinski definition) is 4. The van der Waals surface area contributed by atoms with Crippen LogP contribution in [0.5, 0.6) is 5.75 Å². The summed E-state index contributed by atoms with van der Waals surface area (Å²) in [6, 6.07) is 7.49. The monoisotopic (exact) mass is 242 g/mol. The average molecular weight is 242 g/mol. The highest BCUT2D eigenvalue weighted by molar-refractivity contribution is 7.33. The second-order valence-electron chi connectivity index (χ2n) is 3.56. The van der Waals surface area contributed by atoms with Gasteiger partial charge < -0.3 is 5.73 Å². The summed E-state index contributed by atoms with van der Waals surface area (Å²) >= 11 is 0. The van der Waals surface area contributed by atoms with E-state index in [0.717, 1.165) is 12.0 Å². The molecular weight excluding hydrogens is 225 g/mol. The maximum atomic E-state index is 11.2. The molecule has 2 atom stereocenters. The van der Waals surface area contributed by atoms with Crippen molar-refractivity contribution >= 4 is 8.25 Å². The molecule has 0 amide bonds. The van der Waals surface area contributed by atoms with Gasteiger partial charge in [0.2, 0.25) is 0 Å². The molecule has 1 rings (SSSR count). The lowest BCUT2D eigenvalue weighted by Crippen LogP contribution is -2.17. The number of nitrogens with two attached hydrogens (primary N) is 1. The van der Waals surface area contributed by atoms with E-state index in [0.29, 0.717) is 12.4 Å². The van der Waals surface area contributed by atoms with E-state index in [1.165, 1.54) is 0 Å². The Hall–Kier alpha value is -0.960. The van der Waals surface area contributed by atoms with Gasteiger partial charge in [-0.05, 0) is 38.0 Å². The molecule has 0 aliphatic heterocycles. The van der Waals surface area contributed by atoms with Gasteiger partial charge in [0.15, 0.2) is 5.75 Å². The summed E-state index contributed by atoms with van der Waals surface area (Å²) in [5, 5.41) is 0. The zero-order valence-corrected chi connectivity index (χ0v) is 10.4. The van der Waals surface area contributed by atoms with Crippen LogP contribution in [0.1, 0.15) is 19.4 Å². The summed E-state index contributed by atoms with van der Waals surface area (Å²) in [5.74, 6) is 0.544. The first-order valence-electron chi connectivity index (χ1n) is 5.24. The van der Waals surface area contributed by atoms with Gasteiger partial charge in [0.25, 0.3) is 0 Å². The van der Waals surface area contributed by atoms with Crippen molar-refractivity contribution in [3.63, 3.8) is 0 Å². The quantitative estimate of drug-likeness (QED) is 0.779. The van der Waals surface area contributed by atoms with Gasteiger partial charge in [-0.2, -0.15) is 0 Å². The van der Waals surface area contributed by atoms with Crippen LogP contribution in [0.2, 0.25) is 0 Å². The molecule has 0 aliphatic carbocycles. The van der Waals surface area contributed by atoms with Crippen LogP contribution >= 0.6 is 8.25 Å². The fourth-order valence-electron chi connectivity index (χ4n) is 1.28. The van der Waals surface area contributed by atoms with Crippen LogP contribution in [0.15, 0.2) is 24.3 Å². The summed E-state index contributed by atoms with van der Waals surface area (Å²) in [6.45, 7) is 4.09. The molecule has 2 unspecified atom stereocenters. The van der Waals surface area contributed by atoms with E-state index in [2.05, 4.69) is 0 Å². The fourth-order valence-corrected chi connectivity index (χ4v) is 1.83. The maximum absolute atomic E-state index is 11.2. The normalized spacial score (nSPS) is 13.3. The summed E-state index contributed by atoms with van der Waals surface area (Å²) in [7, 11) is -2.06. The molecule has 5 heteroatoms. The minimum atomic E-state index is -2.06. The number of hydrogen-bond donors (Lipinski definition) is 1. The fraction of sp³-hybridized carbons (Fsp3) is 0.455. The number of rotatable bonds is 6. The van der Waals surface area contributed by atoms with Gasteiger partial charge in [-0.15, -0.1) is 4.52 Å². The molecule has 1 aromatic rings. The van der Waals surface area contributed by atoms with Gasteiger partial charge in [-0.1, -0.05) is 12.1 Å². The minimum absolute atomic E-state index is 0.131. The SMILES string of the molecule is CCO[P+](=O)Oc1ccc(CC(C)N)cc1. The van der Waals surface area contributed by atoms with Crippen molar-refractivity contribution in [2.24, 2.45) is 5.73 Å². The highest BCUT2D eigenvalue weighted by Crippen LogP contribution is 2.27. The smallest absolute Gasteiger partial charge is 0.328 e. The van der Waals surface area contributed by atoms with Crippen molar-refractivity contribution in [2.45, 2.75) is 26.3 Å². The van der Waals surface area contributed by atoms with Crippen molar-refractivity contribution in [1.29, 1.82) is 0 Å². The Labute approximate surface area is 96.7 Å². The van der Waals surface area contributed by atoms with Gasteiger partial charge in [-0.25, -0.2) is 4.52 Å². The van der Waals surface area contributed by atoms with Crippen molar-refractivity contribution in [3.8, 4) is 5.75 Å². The van der Waals surface area contributed by atoms with E-state index in [1.807, 2.05) is 19.1 Å². The van der Waals surface area contributed by atoms with Crippen LogP contribution in [-0.4, -0.2) is 12.6 Å². The number of benzene rings is 1. The molecule has 0 saturated carbocycles. The zero-order chi connectivity index (χ0) is 12.0. The predicted octanol–water partition coefficient (Wildman–Crippen LogP) is 2.65. The first-order chi connectivity index (χ1) is 7.61. The Bertz CT molecular complexity index is 338. The molecule has 2 N–H and O–H groups in total. The van der Waals surface area contributed by atoms with Crippen LogP contribution in [0, 0.1) is 0 Å². The third-order valence-electron chi connectivity index (χ3n) is 1.90. The second-order valence-corrected chi connectivity index (χ2v) is 4.45. The zero-order valence-electron chi connectivity index (χ0n) is 9.55. The highest BCUT2D eigenvalue weighted by atomic mass is 31.1. The lowest BCUT2D eigenvalue weighted by atomic mass is 10.1. The maximum Gasteiger partial charge on any atom is 0.750 e. The Morgan fingerprint density at radius 3 is 2.50 bits per heavy atom. The van der Waals surface area contributed by atoms with Gasteiger partial charge in [-0.3, -0.25) is 0 Å². The molecule has 0 saturated heterocycles. The molecule has 0 aromatic heterocycles. The average Bonchev–Trinajstić information content (AvgIpc) is 2.20. The third kappa shape index (κ3) is 4.71. The van der Waals surface area contributed by atoms with Gasteiger partial charge in [0.05, 0.1) is 0 Å². The summed E-state index contributed by atoms with van der Waals surface area (Å²) < 4.78 is 21.0. The summed E-state index contributed by atoms with van der Waals surface area (Å²) in [4.78, 5) is 0. The molecule has 16 heavy (non-hydrogen) atoms. The second kappa shape index (κ2) is 6.59. The molecule has 88 valence electrons. The lowest BCUT2D eigenvalue weighted by Gasteiger charge is -2.04. The Kier molecular flexibility index (Phi) is 5.39. The standard InChI is InChI=1S/C11H17NO3P/c1-3-14-16(13)15-11-6-4-10(5-7-11)8-9(2)12/h4-7,9H,3,8,12H2,1-2H3/q+1. The Morgan fingerprint density at radius 1 is 1.38 bits per heavy atom. The van der Waals surface area contributed by atoms with E-state index in [9.17, 15) is 4.57 Å². The van der Waals surface area contributed by atoms with E-state index in [4.69, 9.17) is 14.8 Å². The van der Waals surface area contributed by atoms with E-state index in [-0.39, 0.29) is 6.04 Å². The van der Waals surface area contributed by atoms with Crippen molar-refractivity contribution < 1.29 is 13.6 Å². The first-order valence-corrected chi connectivity index (χ1v) is 6.34. The Morgan fingerprint density at radius 2 is 2.00 bits per heavy atom. The van der Waals surface area contributed by atoms with Crippen molar-refractivity contribution in [1.82, 2.24) is 0 Å². The van der Waals surface area contributed by atoms with Crippen LogP contribution in [0.25, 0.3) is 0 Å². The lowest BCUT2D eigenvalue weighted by molar-refractivity contribution is 0.302. The molecule has 0 radical (unpaired) electrons. The summed E-state index contributed by atoms with van der Waals surface area (Å²) in [6.07, 6.45) is 0.817. The predicted molar refractivity (Wildman–Crippen MR) is 63.7 cm³/mol. The topological polar surface area (TPSA) is 61.5 Å². The minimum Gasteiger partial charge on any atom is -0.328 e. The van der Waals surface area contributed by atoms with E-state index in [1.54, 1.807) is 19.1 Å². The van der Waals surface area contributed by atoms with Gasteiger partial charge in [0.1, 0.15) is 6.61 Å². The molecule has 0 aliphatic rings. The van der Waals surface area contributed by atoms with E-state index >= 15 is 0 Å². The van der Waals surface area contributed by atoms with Crippen LogP contribution in [0.4, 0.5) is 0 Å². The largest absolute Gasteiger partial charge is 0.750 e. The molecular formula is C11H17NO3P+. The Balaban J connectivity index is 2.54. The van der Waals surface area contributed by atoms with Crippen LogP contribution in [-0.2, 0) is 15.5 Å². The molecule has 0 fully saturated rings.